The molecule has 1 rings (SSSR count). The number of alkyl halides is 3. The predicted octanol–water partition coefficient (Wildman–Crippen LogP) is 2.25. The van der Waals surface area contributed by atoms with Crippen molar-refractivity contribution in [2.45, 2.75) is 18.2 Å². The van der Waals surface area contributed by atoms with E-state index in [-0.39, 0.29) is 22.3 Å². The summed E-state index contributed by atoms with van der Waals surface area (Å²) < 4.78 is 25.1. The van der Waals surface area contributed by atoms with Gasteiger partial charge in [-0.25, -0.2) is 13.8 Å². The molecule has 0 saturated carbocycles. The van der Waals surface area contributed by atoms with Gasteiger partial charge in [-0.05, 0) is 11.6 Å². The molecule has 16 heavy (non-hydrogen) atoms. The number of hydrogen-bond acceptors (Lipinski definition) is 3. The monoisotopic (exact) mass is 295 g/mol. The summed E-state index contributed by atoms with van der Waals surface area (Å²) in [5, 5.41) is 18.0. The minimum absolute atomic E-state index is 0.112. The van der Waals surface area contributed by atoms with E-state index in [0.717, 1.165) is 6.07 Å². The standard InChI is InChI=1S/C9H8BrF2NO3/c10-3-4-1-6(14)5(2-7(15)16)13-8(4)9(11)12/h1,9,14H,2-3H2,(H,15,16). The zero-order valence-corrected chi connectivity index (χ0v) is 9.54. The van der Waals surface area contributed by atoms with Crippen LogP contribution in [0.25, 0.3) is 0 Å². The Labute approximate surface area is 98.1 Å². The van der Waals surface area contributed by atoms with Crippen LogP contribution in [0.1, 0.15) is 23.4 Å². The van der Waals surface area contributed by atoms with E-state index in [1.165, 1.54) is 0 Å². The molecule has 7 heteroatoms. The third-order valence-electron chi connectivity index (χ3n) is 1.86. The van der Waals surface area contributed by atoms with E-state index in [4.69, 9.17) is 5.11 Å². The summed E-state index contributed by atoms with van der Waals surface area (Å²) in [5.74, 6) is -1.63. The first-order chi connectivity index (χ1) is 7.45. The number of rotatable bonds is 4. The van der Waals surface area contributed by atoms with E-state index in [0.29, 0.717) is 0 Å². The Bertz CT molecular complexity index is 412. The highest BCUT2D eigenvalue weighted by Gasteiger charge is 2.19. The normalized spacial score (nSPS) is 10.8. The zero-order valence-electron chi connectivity index (χ0n) is 7.95. The maximum Gasteiger partial charge on any atom is 0.309 e. The molecule has 1 aromatic heterocycles. The fraction of sp³-hybridized carbons (Fsp3) is 0.333. The number of nitrogens with zero attached hydrogens (tertiary/aromatic N) is 1. The average molecular weight is 296 g/mol. The Balaban J connectivity index is 3.21. The third kappa shape index (κ3) is 2.88. The summed E-state index contributed by atoms with van der Waals surface area (Å²) in [5.41, 5.74) is -0.625. The molecule has 4 nitrogen and oxygen atoms in total. The first kappa shape index (κ1) is 12.8. The van der Waals surface area contributed by atoms with Crippen LogP contribution >= 0.6 is 15.9 Å². The molecule has 1 heterocycles. The van der Waals surface area contributed by atoms with Gasteiger partial charge in [0.15, 0.2) is 0 Å². The van der Waals surface area contributed by atoms with Crippen molar-refractivity contribution in [3.05, 3.63) is 23.0 Å². The molecule has 1 aromatic rings. The van der Waals surface area contributed by atoms with Crippen molar-refractivity contribution in [3.8, 4) is 5.75 Å². The van der Waals surface area contributed by atoms with Crippen molar-refractivity contribution in [3.63, 3.8) is 0 Å². The van der Waals surface area contributed by atoms with E-state index < -0.39 is 24.5 Å². The van der Waals surface area contributed by atoms with E-state index in [9.17, 15) is 18.7 Å². The molecular formula is C9H8BrF2NO3. The maximum atomic E-state index is 12.6. The fourth-order valence-corrected chi connectivity index (χ4v) is 1.62. The predicted molar refractivity (Wildman–Crippen MR) is 54.8 cm³/mol. The van der Waals surface area contributed by atoms with E-state index >= 15 is 0 Å². The molecule has 0 spiro atoms. The first-order valence-corrected chi connectivity index (χ1v) is 5.35. The number of aromatic nitrogens is 1. The van der Waals surface area contributed by atoms with Crippen LogP contribution in [-0.2, 0) is 16.5 Å². The quantitative estimate of drug-likeness (QED) is 0.836. The Morgan fingerprint density at radius 3 is 2.62 bits per heavy atom. The van der Waals surface area contributed by atoms with Crippen molar-refractivity contribution in [1.29, 1.82) is 0 Å². The Morgan fingerprint density at radius 1 is 1.56 bits per heavy atom. The highest BCUT2D eigenvalue weighted by Crippen LogP contribution is 2.28. The minimum Gasteiger partial charge on any atom is -0.506 e. The van der Waals surface area contributed by atoms with Gasteiger partial charge in [0.1, 0.15) is 11.4 Å². The van der Waals surface area contributed by atoms with Gasteiger partial charge in [0.25, 0.3) is 6.43 Å². The van der Waals surface area contributed by atoms with Crippen LogP contribution in [0.5, 0.6) is 5.75 Å². The van der Waals surface area contributed by atoms with E-state index in [1.807, 2.05) is 0 Å². The molecule has 0 amide bonds. The number of aromatic hydroxyl groups is 1. The second-order valence-electron chi connectivity index (χ2n) is 3.00. The Kier molecular flexibility index (Phi) is 4.17. The first-order valence-electron chi connectivity index (χ1n) is 4.23. The number of hydrogen-bond donors (Lipinski definition) is 2. The second-order valence-corrected chi connectivity index (χ2v) is 3.56. The van der Waals surface area contributed by atoms with Crippen LogP contribution in [0.15, 0.2) is 6.07 Å². The molecule has 0 unspecified atom stereocenters. The van der Waals surface area contributed by atoms with Crippen LogP contribution in [0.4, 0.5) is 8.78 Å². The van der Waals surface area contributed by atoms with Crippen LogP contribution in [0.2, 0.25) is 0 Å². The largest absolute Gasteiger partial charge is 0.506 e. The van der Waals surface area contributed by atoms with Crippen LogP contribution in [0, 0.1) is 0 Å². The molecule has 0 aliphatic rings. The second kappa shape index (κ2) is 5.20. The van der Waals surface area contributed by atoms with Gasteiger partial charge in [-0.3, -0.25) is 4.79 Å². The summed E-state index contributed by atoms with van der Waals surface area (Å²) in [6.07, 6.45) is -3.39. The molecule has 0 bridgehead atoms. The average Bonchev–Trinajstić information content (AvgIpc) is 2.19. The molecule has 0 aliphatic carbocycles. The van der Waals surface area contributed by atoms with Gasteiger partial charge in [0.2, 0.25) is 0 Å². The van der Waals surface area contributed by atoms with Crippen molar-refractivity contribution in [1.82, 2.24) is 4.98 Å². The smallest absolute Gasteiger partial charge is 0.309 e. The summed E-state index contributed by atoms with van der Waals surface area (Å²) in [6.45, 7) is 0. The van der Waals surface area contributed by atoms with Crippen molar-refractivity contribution in [2.75, 3.05) is 0 Å². The van der Waals surface area contributed by atoms with Gasteiger partial charge in [0, 0.05) is 5.33 Å². The Morgan fingerprint density at radius 2 is 2.19 bits per heavy atom. The molecule has 0 saturated heterocycles. The number of pyridine rings is 1. The molecule has 0 radical (unpaired) electrons. The molecule has 0 atom stereocenters. The van der Waals surface area contributed by atoms with E-state index in [2.05, 4.69) is 20.9 Å². The van der Waals surface area contributed by atoms with Crippen LogP contribution < -0.4 is 0 Å². The summed E-state index contributed by atoms with van der Waals surface area (Å²) in [4.78, 5) is 13.9. The van der Waals surface area contributed by atoms with Gasteiger partial charge in [-0.15, -0.1) is 0 Å². The number of halogens is 3. The minimum atomic E-state index is -2.80. The summed E-state index contributed by atoms with van der Waals surface area (Å²) in [7, 11) is 0. The Hall–Kier alpha value is -1.24. The van der Waals surface area contributed by atoms with Gasteiger partial charge in [-0.2, -0.15) is 0 Å². The van der Waals surface area contributed by atoms with Crippen LogP contribution in [0.3, 0.4) is 0 Å². The van der Waals surface area contributed by atoms with Gasteiger partial charge in [-0.1, -0.05) is 15.9 Å². The summed E-state index contributed by atoms with van der Waals surface area (Å²) >= 11 is 2.99. The molecule has 0 aromatic carbocycles. The molecular weight excluding hydrogens is 288 g/mol. The number of carbonyl (C=O) groups is 1. The van der Waals surface area contributed by atoms with Crippen molar-refractivity contribution < 1.29 is 23.8 Å². The highest BCUT2D eigenvalue weighted by atomic mass is 79.9. The highest BCUT2D eigenvalue weighted by molar-refractivity contribution is 9.08. The fourth-order valence-electron chi connectivity index (χ4n) is 1.17. The lowest BCUT2D eigenvalue weighted by atomic mass is 10.1. The third-order valence-corrected chi connectivity index (χ3v) is 2.46. The van der Waals surface area contributed by atoms with Gasteiger partial charge >= 0.3 is 5.97 Å². The molecule has 2 N–H and O–H groups in total. The van der Waals surface area contributed by atoms with Crippen molar-refractivity contribution >= 4 is 21.9 Å². The lowest BCUT2D eigenvalue weighted by Crippen LogP contribution is -2.06. The molecule has 0 fully saturated rings. The molecule has 0 aliphatic heterocycles. The van der Waals surface area contributed by atoms with E-state index in [1.54, 1.807) is 0 Å². The van der Waals surface area contributed by atoms with Gasteiger partial charge < -0.3 is 10.2 Å². The number of carboxylic acid groups (broad SMARTS) is 1. The van der Waals surface area contributed by atoms with Crippen molar-refractivity contribution in [2.24, 2.45) is 0 Å². The molecule has 88 valence electrons. The zero-order chi connectivity index (χ0) is 12.3. The lowest BCUT2D eigenvalue weighted by Gasteiger charge is -2.09. The maximum absolute atomic E-state index is 12.6. The van der Waals surface area contributed by atoms with Gasteiger partial charge in [0.05, 0.1) is 12.1 Å². The number of aliphatic carboxylic acids is 1. The number of carboxylic acids is 1. The topological polar surface area (TPSA) is 70.4 Å². The SMILES string of the molecule is O=C(O)Cc1nc(C(F)F)c(CBr)cc1O. The van der Waals surface area contributed by atoms with Crippen LogP contribution in [-0.4, -0.2) is 21.2 Å². The summed E-state index contributed by atoms with van der Waals surface area (Å²) in [6, 6.07) is 1.10. The lowest BCUT2D eigenvalue weighted by molar-refractivity contribution is -0.136.